The Morgan fingerprint density at radius 1 is 1.17 bits per heavy atom. The van der Waals surface area contributed by atoms with Crippen LogP contribution in [0.1, 0.15) is 53.4 Å². The van der Waals surface area contributed by atoms with Gasteiger partial charge in [0.15, 0.2) is 0 Å². The smallest absolute Gasteiger partial charge is 0.217 e. The lowest BCUT2D eigenvalue weighted by Crippen LogP contribution is -2.47. The number of hydrogen-bond donors (Lipinski definition) is 1. The maximum absolute atomic E-state index is 12.4. The van der Waals surface area contributed by atoms with Crippen LogP contribution in [0.5, 0.6) is 0 Å². The molecule has 108 valence electrons. The van der Waals surface area contributed by atoms with E-state index < -0.39 is 15.3 Å². The summed E-state index contributed by atoms with van der Waals surface area (Å²) in [6.45, 7) is 7.58. The molecule has 0 unspecified atom stereocenters. The van der Waals surface area contributed by atoms with Gasteiger partial charge in [-0.1, -0.05) is 13.8 Å². The fraction of sp³-hybridized carbons (Fsp3) is 1.00. The van der Waals surface area contributed by atoms with Gasteiger partial charge in [-0.15, -0.1) is 0 Å². The molecule has 0 heterocycles. The Hall–Kier alpha value is -0.130. The molecule has 0 bridgehead atoms. The molecule has 4 nitrogen and oxygen atoms in total. The van der Waals surface area contributed by atoms with Crippen LogP contribution in [0.2, 0.25) is 0 Å². The van der Waals surface area contributed by atoms with Crippen LogP contribution >= 0.6 is 0 Å². The fourth-order valence-electron chi connectivity index (χ4n) is 2.11. The average molecular weight is 277 g/mol. The molecule has 0 amide bonds. The Bertz CT molecular complexity index is 347. The van der Waals surface area contributed by atoms with Crippen molar-refractivity contribution in [3.05, 3.63) is 0 Å². The molecule has 1 saturated carbocycles. The van der Waals surface area contributed by atoms with Gasteiger partial charge >= 0.3 is 0 Å². The minimum Gasteiger partial charge on any atom is -0.395 e. The van der Waals surface area contributed by atoms with Crippen LogP contribution in [0.25, 0.3) is 0 Å². The molecule has 5 heteroatoms. The van der Waals surface area contributed by atoms with Crippen LogP contribution in [0.15, 0.2) is 0 Å². The lowest BCUT2D eigenvalue weighted by atomic mass is 10.0. The second-order valence-electron chi connectivity index (χ2n) is 5.96. The molecule has 0 spiro atoms. The van der Waals surface area contributed by atoms with Crippen molar-refractivity contribution < 1.29 is 13.5 Å². The molecular formula is C13H27NO3S. The molecule has 0 aliphatic heterocycles. The summed E-state index contributed by atoms with van der Waals surface area (Å²) < 4.78 is 26.3. The maximum atomic E-state index is 12.4. The summed E-state index contributed by atoms with van der Waals surface area (Å²) in [5.41, 5.74) is 0. The second-order valence-corrected chi connectivity index (χ2v) is 8.36. The third-order valence-corrected chi connectivity index (χ3v) is 5.82. The van der Waals surface area contributed by atoms with E-state index in [0.717, 1.165) is 25.7 Å². The molecule has 1 aliphatic rings. The van der Waals surface area contributed by atoms with Crippen LogP contribution in [0, 0.1) is 5.92 Å². The molecule has 0 saturated heterocycles. The molecule has 0 aromatic carbocycles. The number of nitrogens with zero attached hydrogens (tertiary/aromatic N) is 1. The van der Waals surface area contributed by atoms with E-state index in [1.54, 1.807) is 18.2 Å². The highest BCUT2D eigenvalue weighted by atomic mass is 32.2. The van der Waals surface area contributed by atoms with E-state index in [-0.39, 0.29) is 18.7 Å². The molecule has 0 radical (unpaired) electrons. The zero-order valence-electron chi connectivity index (χ0n) is 12.0. The number of hydrogen-bond acceptors (Lipinski definition) is 3. The van der Waals surface area contributed by atoms with Gasteiger partial charge < -0.3 is 5.11 Å². The van der Waals surface area contributed by atoms with Gasteiger partial charge in [0.05, 0.1) is 11.9 Å². The molecule has 1 N–H and O–H groups in total. The zero-order valence-corrected chi connectivity index (χ0v) is 12.8. The topological polar surface area (TPSA) is 57.6 Å². The summed E-state index contributed by atoms with van der Waals surface area (Å²) in [7, 11) is -3.26. The van der Waals surface area contributed by atoms with Crippen LogP contribution in [0.4, 0.5) is 0 Å². The van der Waals surface area contributed by atoms with E-state index in [0.29, 0.717) is 5.92 Å². The number of aliphatic hydroxyl groups is 1. The Balaban J connectivity index is 2.82. The molecule has 0 aromatic heterocycles. The number of sulfonamides is 1. The molecule has 0 aromatic rings. The summed E-state index contributed by atoms with van der Waals surface area (Å²) >= 11 is 0. The molecular weight excluding hydrogens is 250 g/mol. The third-order valence-electron chi connectivity index (χ3n) is 3.44. The Morgan fingerprint density at radius 3 is 2.06 bits per heavy atom. The first-order chi connectivity index (χ1) is 8.30. The van der Waals surface area contributed by atoms with Crippen molar-refractivity contribution in [2.45, 2.75) is 70.7 Å². The minimum atomic E-state index is -3.26. The normalized spacial score (nSPS) is 18.9. The molecule has 1 fully saturated rings. The van der Waals surface area contributed by atoms with Crippen molar-refractivity contribution >= 4 is 10.0 Å². The van der Waals surface area contributed by atoms with E-state index in [9.17, 15) is 13.5 Å². The molecule has 1 aliphatic carbocycles. The van der Waals surface area contributed by atoms with Gasteiger partial charge in [-0.3, -0.25) is 0 Å². The van der Waals surface area contributed by atoms with Gasteiger partial charge in [0, 0.05) is 12.1 Å². The highest BCUT2D eigenvalue weighted by Crippen LogP contribution is 2.34. The van der Waals surface area contributed by atoms with Crippen molar-refractivity contribution in [1.29, 1.82) is 0 Å². The van der Waals surface area contributed by atoms with Gasteiger partial charge in [-0.05, 0) is 45.4 Å². The monoisotopic (exact) mass is 277 g/mol. The first-order valence-electron chi connectivity index (χ1n) is 6.93. The van der Waals surface area contributed by atoms with E-state index in [1.807, 2.05) is 0 Å². The predicted octanol–water partition coefficient (Wildman–Crippen LogP) is 1.99. The summed E-state index contributed by atoms with van der Waals surface area (Å²) in [4.78, 5) is 0. The van der Waals surface area contributed by atoms with Gasteiger partial charge in [0.1, 0.15) is 0 Å². The van der Waals surface area contributed by atoms with E-state index in [1.165, 1.54) is 0 Å². The Morgan fingerprint density at radius 2 is 1.72 bits per heavy atom. The highest BCUT2D eigenvalue weighted by molar-refractivity contribution is 7.89. The third kappa shape index (κ3) is 3.93. The second kappa shape index (κ2) is 6.35. The fourth-order valence-corrected chi connectivity index (χ4v) is 3.81. The SMILES string of the molecule is CC(C)CC[C@@H](CO)N(C1CC1)S(=O)(=O)C(C)C. The van der Waals surface area contributed by atoms with Gasteiger partial charge in [-0.2, -0.15) is 4.31 Å². The van der Waals surface area contributed by atoms with Crippen molar-refractivity contribution in [1.82, 2.24) is 4.31 Å². The van der Waals surface area contributed by atoms with Crippen molar-refractivity contribution in [3.63, 3.8) is 0 Å². The van der Waals surface area contributed by atoms with Crippen LogP contribution in [-0.2, 0) is 10.0 Å². The summed E-state index contributed by atoms with van der Waals surface area (Å²) in [5.74, 6) is 0.529. The quantitative estimate of drug-likeness (QED) is 0.738. The first kappa shape index (κ1) is 15.9. The maximum Gasteiger partial charge on any atom is 0.217 e. The summed E-state index contributed by atoms with van der Waals surface area (Å²) in [6.07, 6.45) is 3.56. The minimum absolute atomic E-state index is 0.0742. The first-order valence-corrected chi connectivity index (χ1v) is 8.44. The van der Waals surface area contributed by atoms with Crippen LogP contribution in [-0.4, -0.2) is 41.8 Å². The predicted molar refractivity (Wildman–Crippen MR) is 73.9 cm³/mol. The molecule has 1 atom stereocenters. The standard InChI is InChI=1S/C13H27NO3S/c1-10(2)5-6-13(9-15)14(12-7-8-12)18(16,17)11(3)4/h10-13,15H,5-9H2,1-4H3/t13-/m0/s1. The summed E-state index contributed by atoms with van der Waals surface area (Å²) in [5, 5.41) is 9.11. The molecule has 18 heavy (non-hydrogen) atoms. The van der Waals surface area contributed by atoms with E-state index in [2.05, 4.69) is 13.8 Å². The Labute approximate surface area is 111 Å². The highest BCUT2D eigenvalue weighted by Gasteiger charge is 2.42. The van der Waals surface area contributed by atoms with Crippen molar-refractivity contribution in [2.75, 3.05) is 6.61 Å². The lowest BCUT2D eigenvalue weighted by Gasteiger charge is -2.31. The number of rotatable bonds is 8. The van der Waals surface area contributed by atoms with Crippen LogP contribution < -0.4 is 0 Å². The van der Waals surface area contributed by atoms with E-state index >= 15 is 0 Å². The van der Waals surface area contributed by atoms with Crippen molar-refractivity contribution in [2.24, 2.45) is 5.92 Å². The van der Waals surface area contributed by atoms with Crippen molar-refractivity contribution in [3.8, 4) is 0 Å². The largest absolute Gasteiger partial charge is 0.395 e. The number of aliphatic hydroxyl groups excluding tert-OH is 1. The van der Waals surface area contributed by atoms with Gasteiger partial charge in [0.25, 0.3) is 0 Å². The van der Waals surface area contributed by atoms with Gasteiger partial charge in [-0.25, -0.2) is 8.42 Å². The summed E-state index contributed by atoms with van der Waals surface area (Å²) in [6, 6.07) is -0.117. The Kier molecular flexibility index (Phi) is 5.62. The zero-order chi connectivity index (χ0) is 13.9. The lowest BCUT2D eigenvalue weighted by molar-refractivity contribution is 0.168. The van der Waals surface area contributed by atoms with Gasteiger partial charge in [0.2, 0.25) is 10.0 Å². The average Bonchev–Trinajstić information content (AvgIpc) is 3.06. The van der Waals surface area contributed by atoms with Crippen LogP contribution in [0.3, 0.4) is 0 Å². The molecule has 1 rings (SSSR count). The van der Waals surface area contributed by atoms with E-state index in [4.69, 9.17) is 0 Å².